The summed E-state index contributed by atoms with van der Waals surface area (Å²) in [4.78, 5) is 14.0. The van der Waals surface area contributed by atoms with E-state index in [-0.39, 0.29) is 0 Å². The topological polar surface area (TPSA) is 92.4 Å². The van der Waals surface area contributed by atoms with Gasteiger partial charge >= 0.3 is 0 Å². The van der Waals surface area contributed by atoms with Crippen molar-refractivity contribution < 1.29 is 9.37 Å². The number of piperazine rings is 1. The van der Waals surface area contributed by atoms with Gasteiger partial charge in [0.15, 0.2) is 0 Å². The Morgan fingerprint density at radius 2 is 2.04 bits per heavy atom. The summed E-state index contributed by atoms with van der Waals surface area (Å²) in [5.74, 6) is 2.04. The summed E-state index contributed by atoms with van der Waals surface area (Å²) in [5.41, 5.74) is 2.86. The lowest BCUT2D eigenvalue weighted by atomic mass is 10.0. The van der Waals surface area contributed by atoms with Gasteiger partial charge in [0.2, 0.25) is 5.95 Å². The molecule has 1 atom stereocenters. The predicted molar refractivity (Wildman–Crippen MR) is 96.3 cm³/mol. The lowest BCUT2D eigenvalue weighted by Gasteiger charge is -2.35. The lowest BCUT2D eigenvalue weighted by Crippen LogP contribution is -2.46. The van der Waals surface area contributed by atoms with E-state index in [4.69, 9.17) is 9.37 Å². The molecule has 0 spiro atoms. The number of nitrogens with zero attached hydrogens (tertiary/aromatic N) is 6. The van der Waals surface area contributed by atoms with E-state index < -0.39 is 0 Å². The molecule has 2 aliphatic heterocycles. The second-order valence-corrected chi connectivity index (χ2v) is 6.84. The van der Waals surface area contributed by atoms with Gasteiger partial charge in [0.05, 0.1) is 12.3 Å². The summed E-state index contributed by atoms with van der Waals surface area (Å²) in [6.07, 6.45) is 1.03. The normalized spacial score (nSPS) is 21.3. The number of ether oxygens (including phenoxy) is 1. The largest absolute Gasteiger partial charge is 0.381 e. The average molecular weight is 359 g/mol. The maximum absolute atomic E-state index is 5.52. The molecule has 2 fully saturated rings. The van der Waals surface area contributed by atoms with Crippen molar-refractivity contribution in [1.29, 1.82) is 0 Å². The second-order valence-electron chi connectivity index (χ2n) is 6.84. The van der Waals surface area contributed by atoms with Crippen molar-refractivity contribution in [1.82, 2.24) is 25.2 Å². The van der Waals surface area contributed by atoms with Crippen molar-refractivity contribution in [3.63, 3.8) is 0 Å². The zero-order chi connectivity index (χ0) is 17.9. The van der Waals surface area contributed by atoms with E-state index >= 15 is 0 Å². The van der Waals surface area contributed by atoms with Crippen molar-refractivity contribution in [3.8, 4) is 0 Å². The molecule has 140 valence electrons. The van der Waals surface area contributed by atoms with Crippen LogP contribution in [-0.4, -0.2) is 71.6 Å². The van der Waals surface area contributed by atoms with E-state index in [1.807, 2.05) is 14.0 Å². The molecule has 0 aromatic carbocycles. The fourth-order valence-corrected chi connectivity index (χ4v) is 3.44. The first-order chi connectivity index (χ1) is 12.7. The molecule has 2 saturated heterocycles. The molecule has 1 N–H and O–H groups in total. The van der Waals surface area contributed by atoms with Crippen LogP contribution in [0.15, 0.2) is 10.7 Å². The Hall–Kier alpha value is -2.26. The Morgan fingerprint density at radius 1 is 1.19 bits per heavy atom. The monoisotopic (exact) mass is 359 g/mol. The summed E-state index contributed by atoms with van der Waals surface area (Å²) in [6.45, 7) is 8.01. The Bertz CT molecular complexity index is 736. The van der Waals surface area contributed by atoms with Crippen molar-refractivity contribution in [3.05, 3.63) is 23.1 Å². The molecular weight excluding hydrogens is 334 g/mol. The third-order valence-electron chi connectivity index (χ3n) is 5.12. The molecule has 9 nitrogen and oxygen atoms in total. The highest BCUT2D eigenvalue weighted by molar-refractivity contribution is 5.46. The van der Waals surface area contributed by atoms with Gasteiger partial charge in [-0.3, -0.25) is 4.90 Å². The van der Waals surface area contributed by atoms with Crippen LogP contribution >= 0.6 is 0 Å². The number of aromatic nitrogens is 4. The molecule has 0 saturated carbocycles. The van der Waals surface area contributed by atoms with Crippen molar-refractivity contribution in [2.24, 2.45) is 0 Å². The second kappa shape index (κ2) is 7.55. The molecule has 0 aliphatic carbocycles. The summed E-state index contributed by atoms with van der Waals surface area (Å²) >= 11 is 0. The van der Waals surface area contributed by atoms with Crippen molar-refractivity contribution in [2.75, 3.05) is 56.7 Å². The molecular formula is C17H25N7O2. The van der Waals surface area contributed by atoms with Crippen LogP contribution in [0.3, 0.4) is 0 Å². The van der Waals surface area contributed by atoms with Crippen LogP contribution < -0.4 is 10.2 Å². The van der Waals surface area contributed by atoms with Gasteiger partial charge in [0.1, 0.15) is 17.2 Å². The summed E-state index contributed by atoms with van der Waals surface area (Å²) < 4.78 is 10.3. The first-order valence-corrected chi connectivity index (χ1v) is 9.12. The molecule has 2 aliphatic rings. The lowest BCUT2D eigenvalue weighted by molar-refractivity contribution is 0.193. The summed E-state index contributed by atoms with van der Waals surface area (Å²) in [5, 5.41) is 10.9. The highest BCUT2D eigenvalue weighted by Gasteiger charge is 2.24. The first kappa shape index (κ1) is 17.2. The average Bonchev–Trinajstić information content (AvgIpc) is 3.34. The smallest absolute Gasteiger partial charge is 0.224 e. The van der Waals surface area contributed by atoms with Gasteiger partial charge in [0.25, 0.3) is 0 Å². The van der Waals surface area contributed by atoms with Gasteiger partial charge in [-0.25, -0.2) is 9.61 Å². The fourth-order valence-electron chi connectivity index (χ4n) is 3.44. The van der Waals surface area contributed by atoms with Crippen LogP contribution in [0.2, 0.25) is 0 Å². The molecule has 0 radical (unpaired) electrons. The summed E-state index contributed by atoms with van der Waals surface area (Å²) in [7, 11) is 1.86. The van der Waals surface area contributed by atoms with Crippen molar-refractivity contribution in [2.45, 2.75) is 25.8 Å². The van der Waals surface area contributed by atoms with Crippen LogP contribution in [0.4, 0.5) is 11.8 Å². The Labute approximate surface area is 152 Å². The quantitative estimate of drug-likeness (QED) is 0.840. The first-order valence-electron chi connectivity index (χ1n) is 9.12. The SMILES string of the molecule is CNc1nc([C@@H]2CCOC2)cc(N2CCN(Cc3nonc3C)CC2)n1. The van der Waals surface area contributed by atoms with Crippen LogP contribution in [0.25, 0.3) is 0 Å². The molecule has 0 bridgehead atoms. The van der Waals surface area contributed by atoms with Gasteiger partial charge < -0.3 is 15.0 Å². The minimum atomic E-state index is 0.368. The fraction of sp³-hybridized carbons (Fsp3) is 0.647. The van der Waals surface area contributed by atoms with Gasteiger partial charge in [-0.15, -0.1) is 0 Å². The third-order valence-corrected chi connectivity index (χ3v) is 5.12. The van der Waals surface area contributed by atoms with Crippen LogP contribution in [0.5, 0.6) is 0 Å². The highest BCUT2D eigenvalue weighted by atomic mass is 16.6. The van der Waals surface area contributed by atoms with Gasteiger partial charge in [-0.05, 0) is 13.3 Å². The molecule has 9 heteroatoms. The number of rotatable bonds is 5. The maximum Gasteiger partial charge on any atom is 0.224 e. The molecule has 26 heavy (non-hydrogen) atoms. The van der Waals surface area contributed by atoms with Gasteiger partial charge in [-0.2, -0.15) is 4.98 Å². The Kier molecular flexibility index (Phi) is 4.98. The van der Waals surface area contributed by atoms with E-state index in [9.17, 15) is 0 Å². The molecule has 0 unspecified atom stereocenters. The minimum Gasteiger partial charge on any atom is -0.381 e. The van der Waals surface area contributed by atoms with Gasteiger partial charge in [0, 0.05) is 58.4 Å². The Balaban J connectivity index is 1.43. The molecule has 0 amide bonds. The number of anilines is 2. The zero-order valence-corrected chi connectivity index (χ0v) is 15.3. The van der Waals surface area contributed by atoms with Crippen LogP contribution in [0, 0.1) is 6.92 Å². The van der Waals surface area contributed by atoms with E-state index in [1.165, 1.54) is 0 Å². The van der Waals surface area contributed by atoms with Crippen molar-refractivity contribution >= 4 is 11.8 Å². The number of aryl methyl sites for hydroxylation is 1. The predicted octanol–water partition coefficient (Wildman–Crippen LogP) is 1.04. The number of hydrogen-bond acceptors (Lipinski definition) is 9. The van der Waals surface area contributed by atoms with E-state index in [2.05, 4.69) is 41.5 Å². The molecule has 2 aromatic heterocycles. The molecule has 4 heterocycles. The maximum atomic E-state index is 5.52. The number of hydrogen-bond donors (Lipinski definition) is 1. The van der Waals surface area contributed by atoms with E-state index in [1.54, 1.807) is 0 Å². The standard InChI is InChI=1S/C17H25N7O2/c1-12-15(22-26-21-12)10-23-4-6-24(7-5-23)16-9-14(13-3-8-25-11-13)19-17(18-2)20-16/h9,13H,3-8,10-11H2,1-2H3,(H,18,19,20)/t13-/m1/s1. The zero-order valence-electron chi connectivity index (χ0n) is 15.3. The van der Waals surface area contributed by atoms with Gasteiger partial charge in [-0.1, -0.05) is 10.3 Å². The molecule has 2 aromatic rings. The highest BCUT2D eigenvalue weighted by Crippen LogP contribution is 2.27. The van der Waals surface area contributed by atoms with Crippen LogP contribution in [-0.2, 0) is 11.3 Å². The van der Waals surface area contributed by atoms with E-state index in [0.29, 0.717) is 11.9 Å². The molecule has 4 rings (SSSR count). The Morgan fingerprint density at radius 3 is 2.69 bits per heavy atom. The number of nitrogens with one attached hydrogen (secondary N) is 1. The van der Waals surface area contributed by atoms with Crippen LogP contribution in [0.1, 0.15) is 29.4 Å². The third kappa shape index (κ3) is 3.63. The minimum absolute atomic E-state index is 0.368. The van der Waals surface area contributed by atoms with E-state index in [0.717, 1.165) is 75.3 Å². The summed E-state index contributed by atoms with van der Waals surface area (Å²) in [6, 6.07) is 2.13.